The number of ether oxygens (including phenoxy) is 1. The smallest absolute Gasteiger partial charge is 0.309 e. The number of carbonyl (C=O) groups excluding carboxylic acids is 2. The van der Waals surface area contributed by atoms with Crippen LogP contribution in [0.15, 0.2) is 0 Å². The van der Waals surface area contributed by atoms with Gasteiger partial charge in [0.25, 0.3) is 0 Å². The van der Waals surface area contributed by atoms with Gasteiger partial charge in [-0.05, 0) is 19.8 Å². The van der Waals surface area contributed by atoms with Crippen molar-refractivity contribution in [1.29, 1.82) is 0 Å². The first-order valence-corrected chi connectivity index (χ1v) is 4.92. The Kier molecular flexibility index (Phi) is 3.93. The van der Waals surface area contributed by atoms with Gasteiger partial charge in [0.05, 0.1) is 12.5 Å². The van der Waals surface area contributed by atoms with Gasteiger partial charge in [0.2, 0.25) is 0 Å². The summed E-state index contributed by atoms with van der Waals surface area (Å²) >= 11 is 0. The van der Waals surface area contributed by atoms with Gasteiger partial charge >= 0.3 is 5.97 Å². The standard InChI is InChI=1S/C10H16O3/c1-2-13-10(12)8-5-3-4-6-9(11)7-8/h8H,2-7H2,1H3/t8-/m1/s1. The maximum Gasteiger partial charge on any atom is 0.309 e. The molecule has 0 aromatic rings. The molecule has 0 N–H and O–H groups in total. The Labute approximate surface area is 78.5 Å². The van der Waals surface area contributed by atoms with Gasteiger partial charge < -0.3 is 4.74 Å². The molecule has 0 radical (unpaired) electrons. The number of rotatable bonds is 2. The lowest BCUT2D eigenvalue weighted by Gasteiger charge is -2.10. The Bertz CT molecular complexity index is 198. The second-order valence-electron chi connectivity index (χ2n) is 3.44. The van der Waals surface area contributed by atoms with E-state index >= 15 is 0 Å². The molecule has 0 heterocycles. The third kappa shape index (κ3) is 3.17. The third-order valence-corrected chi connectivity index (χ3v) is 2.35. The Morgan fingerprint density at radius 1 is 1.54 bits per heavy atom. The van der Waals surface area contributed by atoms with Crippen molar-refractivity contribution in [2.75, 3.05) is 6.61 Å². The van der Waals surface area contributed by atoms with Crippen molar-refractivity contribution in [3.63, 3.8) is 0 Å². The number of hydrogen-bond donors (Lipinski definition) is 0. The van der Waals surface area contributed by atoms with E-state index in [-0.39, 0.29) is 17.7 Å². The van der Waals surface area contributed by atoms with Crippen molar-refractivity contribution in [3.05, 3.63) is 0 Å². The lowest BCUT2D eigenvalue weighted by molar-refractivity contribution is -0.149. The summed E-state index contributed by atoms with van der Waals surface area (Å²) in [5.74, 6) is -0.164. The molecule has 1 aliphatic carbocycles. The molecule has 0 saturated heterocycles. The van der Waals surface area contributed by atoms with Gasteiger partial charge in [-0.25, -0.2) is 0 Å². The molecule has 0 aliphatic heterocycles. The molecule has 0 spiro atoms. The first-order valence-electron chi connectivity index (χ1n) is 4.92. The number of esters is 1. The van der Waals surface area contributed by atoms with Gasteiger partial charge in [0.15, 0.2) is 0 Å². The molecule has 1 aliphatic rings. The van der Waals surface area contributed by atoms with E-state index in [9.17, 15) is 9.59 Å². The van der Waals surface area contributed by atoms with Crippen LogP contribution in [0.5, 0.6) is 0 Å². The summed E-state index contributed by atoms with van der Waals surface area (Å²) in [6.07, 6.45) is 3.73. The zero-order chi connectivity index (χ0) is 9.68. The van der Waals surface area contributed by atoms with Gasteiger partial charge in [-0.2, -0.15) is 0 Å². The lowest BCUT2D eigenvalue weighted by Crippen LogP contribution is -2.19. The van der Waals surface area contributed by atoms with Crippen molar-refractivity contribution >= 4 is 11.8 Å². The van der Waals surface area contributed by atoms with Gasteiger partial charge in [0.1, 0.15) is 5.78 Å². The minimum Gasteiger partial charge on any atom is -0.466 e. The Morgan fingerprint density at radius 3 is 3.00 bits per heavy atom. The highest BCUT2D eigenvalue weighted by atomic mass is 16.5. The molecule has 3 nitrogen and oxygen atoms in total. The van der Waals surface area contributed by atoms with E-state index in [0.29, 0.717) is 19.4 Å². The van der Waals surface area contributed by atoms with Crippen LogP contribution < -0.4 is 0 Å². The normalized spacial score (nSPS) is 23.8. The molecular weight excluding hydrogens is 168 g/mol. The molecule has 3 heteroatoms. The SMILES string of the molecule is CCOC(=O)[C@@H]1CCCCC(=O)C1. The topological polar surface area (TPSA) is 43.4 Å². The highest BCUT2D eigenvalue weighted by Gasteiger charge is 2.24. The van der Waals surface area contributed by atoms with Gasteiger partial charge in [-0.15, -0.1) is 0 Å². The molecule has 0 amide bonds. The molecule has 1 rings (SSSR count). The first-order chi connectivity index (χ1) is 6.24. The van der Waals surface area contributed by atoms with Crippen molar-refractivity contribution in [3.8, 4) is 0 Å². The van der Waals surface area contributed by atoms with Crippen LogP contribution in [0.25, 0.3) is 0 Å². The molecule has 1 atom stereocenters. The fourth-order valence-electron chi connectivity index (χ4n) is 1.65. The number of carbonyl (C=O) groups is 2. The van der Waals surface area contributed by atoms with Crippen LogP contribution in [0, 0.1) is 5.92 Å². The quantitative estimate of drug-likeness (QED) is 0.484. The predicted octanol–water partition coefficient (Wildman–Crippen LogP) is 1.70. The van der Waals surface area contributed by atoms with E-state index in [4.69, 9.17) is 4.74 Å². The Balaban J connectivity index is 2.47. The summed E-state index contributed by atoms with van der Waals surface area (Å²) in [5.41, 5.74) is 0. The van der Waals surface area contributed by atoms with Gasteiger partial charge in [-0.3, -0.25) is 9.59 Å². The van der Waals surface area contributed by atoms with Crippen LogP contribution in [0.2, 0.25) is 0 Å². The fraction of sp³-hybridized carbons (Fsp3) is 0.800. The van der Waals surface area contributed by atoms with Gasteiger partial charge in [-0.1, -0.05) is 6.42 Å². The first kappa shape index (κ1) is 10.2. The van der Waals surface area contributed by atoms with Crippen LogP contribution in [0.1, 0.15) is 39.0 Å². The molecule has 0 bridgehead atoms. The van der Waals surface area contributed by atoms with Crippen LogP contribution in [0.4, 0.5) is 0 Å². The zero-order valence-corrected chi connectivity index (χ0v) is 8.04. The average molecular weight is 184 g/mol. The summed E-state index contributed by atoms with van der Waals surface area (Å²) < 4.78 is 4.89. The van der Waals surface area contributed by atoms with E-state index in [1.54, 1.807) is 6.92 Å². The largest absolute Gasteiger partial charge is 0.466 e. The second kappa shape index (κ2) is 5.00. The van der Waals surface area contributed by atoms with E-state index in [1.807, 2.05) is 0 Å². The second-order valence-corrected chi connectivity index (χ2v) is 3.44. The number of Topliss-reactive ketones (excluding diaryl/α,β-unsaturated/α-hetero) is 1. The zero-order valence-electron chi connectivity index (χ0n) is 8.04. The van der Waals surface area contributed by atoms with Crippen molar-refractivity contribution in [1.82, 2.24) is 0 Å². The third-order valence-electron chi connectivity index (χ3n) is 2.35. The molecule has 0 aromatic carbocycles. The molecule has 0 aromatic heterocycles. The summed E-state index contributed by atoms with van der Waals surface area (Å²) in [4.78, 5) is 22.5. The molecule has 1 fully saturated rings. The van der Waals surface area contributed by atoms with Crippen molar-refractivity contribution < 1.29 is 14.3 Å². The Morgan fingerprint density at radius 2 is 2.31 bits per heavy atom. The van der Waals surface area contributed by atoms with Crippen LogP contribution >= 0.6 is 0 Å². The molecule has 74 valence electrons. The van der Waals surface area contributed by atoms with E-state index in [1.165, 1.54) is 0 Å². The highest BCUT2D eigenvalue weighted by molar-refractivity contribution is 5.84. The van der Waals surface area contributed by atoms with Crippen LogP contribution in [0.3, 0.4) is 0 Å². The minimum atomic E-state index is -0.197. The lowest BCUT2D eigenvalue weighted by atomic mass is 10.0. The fourth-order valence-corrected chi connectivity index (χ4v) is 1.65. The summed E-state index contributed by atoms with van der Waals surface area (Å²) in [7, 11) is 0. The molecule has 1 saturated carbocycles. The number of ketones is 1. The molecule has 0 unspecified atom stereocenters. The predicted molar refractivity (Wildman–Crippen MR) is 48.2 cm³/mol. The van der Waals surface area contributed by atoms with Gasteiger partial charge in [0, 0.05) is 12.8 Å². The Hall–Kier alpha value is -0.860. The van der Waals surface area contributed by atoms with Crippen molar-refractivity contribution in [2.24, 2.45) is 5.92 Å². The van der Waals surface area contributed by atoms with E-state index < -0.39 is 0 Å². The molecular formula is C10H16O3. The molecule has 13 heavy (non-hydrogen) atoms. The number of hydrogen-bond acceptors (Lipinski definition) is 3. The minimum absolute atomic E-state index is 0.171. The van der Waals surface area contributed by atoms with Crippen LogP contribution in [-0.4, -0.2) is 18.4 Å². The summed E-state index contributed by atoms with van der Waals surface area (Å²) in [5, 5.41) is 0. The highest BCUT2D eigenvalue weighted by Crippen LogP contribution is 2.21. The monoisotopic (exact) mass is 184 g/mol. The van der Waals surface area contributed by atoms with E-state index in [2.05, 4.69) is 0 Å². The average Bonchev–Trinajstić information content (AvgIpc) is 2.30. The summed E-state index contributed by atoms with van der Waals surface area (Å²) in [6.45, 7) is 2.19. The van der Waals surface area contributed by atoms with Crippen molar-refractivity contribution in [2.45, 2.75) is 39.0 Å². The maximum absolute atomic E-state index is 11.3. The summed E-state index contributed by atoms with van der Waals surface area (Å²) in [6, 6.07) is 0. The maximum atomic E-state index is 11.3. The van der Waals surface area contributed by atoms with Crippen LogP contribution in [-0.2, 0) is 14.3 Å². The van der Waals surface area contributed by atoms with E-state index in [0.717, 1.165) is 19.3 Å².